The first-order valence-corrected chi connectivity index (χ1v) is 6.25. The van der Waals surface area contributed by atoms with Gasteiger partial charge < -0.3 is 0 Å². The first kappa shape index (κ1) is 9.97. The van der Waals surface area contributed by atoms with Gasteiger partial charge in [0.05, 0.1) is 0 Å². The van der Waals surface area contributed by atoms with Crippen molar-refractivity contribution >= 4 is 16.9 Å². The maximum atomic E-state index is 2.47. The van der Waals surface area contributed by atoms with Crippen LogP contribution in [0.5, 0.6) is 0 Å². The molecular formula is C13H18S. The second kappa shape index (κ2) is 3.54. The molecule has 2 unspecified atom stereocenters. The summed E-state index contributed by atoms with van der Waals surface area (Å²) in [5, 5.41) is 2.22. The minimum Gasteiger partial charge on any atom is -0.144 e. The molecule has 0 spiro atoms. The predicted octanol–water partition coefficient (Wildman–Crippen LogP) is 4.54. The summed E-state index contributed by atoms with van der Waals surface area (Å²) in [7, 11) is 0. The normalized spacial score (nSPS) is 26.2. The molecule has 0 nitrogen and oxygen atoms in total. The van der Waals surface area contributed by atoms with E-state index in [-0.39, 0.29) is 0 Å². The van der Waals surface area contributed by atoms with E-state index in [1.807, 2.05) is 11.3 Å². The Balaban J connectivity index is 2.44. The summed E-state index contributed by atoms with van der Waals surface area (Å²) in [5.41, 5.74) is 3.04. The minimum atomic E-state index is 0.694. The van der Waals surface area contributed by atoms with Crippen molar-refractivity contribution in [2.24, 2.45) is 11.8 Å². The van der Waals surface area contributed by atoms with Crippen molar-refractivity contribution in [2.45, 2.75) is 33.6 Å². The third kappa shape index (κ3) is 1.44. The smallest absolute Gasteiger partial charge is 0.0331 e. The van der Waals surface area contributed by atoms with Crippen LogP contribution < -0.4 is 0 Å². The van der Waals surface area contributed by atoms with Gasteiger partial charge in [0.1, 0.15) is 0 Å². The molecule has 0 saturated carbocycles. The van der Waals surface area contributed by atoms with Crippen LogP contribution in [0.15, 0.2) is 17.5 Å². The minimum absolute atomic E-state index is 0.694. The maximum absolute atomic E-state index is 2.47. The number of fused-ring (bicyclic) bond motifs is 1. The molecule has 1 aliphatic rings. The molecule has 2 rings (SSSR count). The Bertz CT molecular complexity index is 357. The molecule has 0 saturated heterocycles. The molecule has 76 valence electrons. The van der Waals surface area contributed by atoms with Gasteiger partial charge in [-0.1, -0.05) is 26.8 Å². The summed E-state index contributed by atoms with van der Waals surface area (Å²) in [6, 6.07) is 2.30. The Hall–Kier alpha value is -0.560. The Labute approximate surface area is 90.7 Å². The molecule has 2 atom stereocenters. The van der Waals surface area contributed by atoms with Gasteiger partial charge >= 0.3 is 0 Å². The topological polar surface area (TPSA) is 0 Å². The molecule has 0 aliphatic heterocycles. The van der Waals surface area contributed by atoms with E-state index in [4.69, 9.17) is 0 Å². The number of hydrogen-bond acceptors (Lipinski definition) is 1. The van der Waals surface area contributed by atoms with Gasteiger partial charge in [-0.05, 0) is 47.3 Å². The number of thiophene rings is 1. The molecule has 1 aromatic rings. The number of allylic oxidation sites excluding steroid dienone is 2. The lowest BCUT2D eigenvalue weighted by molar-refractivity contribution is 0.402. The van der Waals surface area contributed by atoms with Crippen LogP contribution in [0.4, 0.5) is 0 Å². The van der Waals surface area contributed by atoms with E-state index in [0.29, 0.717) is 5.92 Å². The second-order valence-electron chi connectivity index (χ2n) is 4.66. The van der Waals surface area contributed by atoms with Crippen molar-refractivity contribution in [1.82, 2.24) is 0 Å². The van der Waals surface area contributed by atoms with Crippen LogP contribution in [0.1, 0.15) is 44.1 Å². The van der Waals surface area contributed by atoms with Gasteiger partial charge in [-0.3, -0.25) is 0 Å². The van der Waals surface area contributed by atoms with Gasteiger partial charge in [0, 0.05) is 4.88 Å². The van der Waals surface area contributed by atoms with Crippen LogP contribution >= 0.6 is 11.3 Å². The van der Waals surface area contributed by atoms with Gasteiger partial charge in [-0.25, -0.2) is 0 Å². The fraction of sp³-hybridized carbons (Fsp3) is 0.538. The van der Waals surface area contributed by atoms with E-state index in [1.54, 1.807) is 5.56 Å². The highest BCUT2D eigenvalue weighted by molar-refractivity contribution is 7.11. The Morgan fingerprint density at radius 2 is 2.07 bits per heavy atom. The monoisotopic (exact) mass is 206 g/mol. The highest BCUT2D eigenvalue weighted by Crippen LogP contribution is 2.43. The zero-order valence-corrected chi connectivity index (χ0v) is 10.2. The van der Waals surface area contributed by atoms with Crippen molar-refractivity contribution in [3.8, 4) is 0 Å². The van der Waals surface area contributed by atoms with Gasteiger partial charge in [-0.15, -0.1) is 11.3 Å². The molecule has 1 aliphatic carbocycles. The van der Waals surface area contributed by atoms with Crippen LogP contribution in [-0.2, 0) is 0 Å². The average molecular weight is 206 g/mol. The Kier molecular flexibility index (Phi) is 2.52. The van der Waals surface area contributed by atoms with Gasteiger partial charge in [-0.2, -0.15) is 0 Å². The first-order valence-electron chi connectivity index (χ1n) is 5.37. The standard InChI is InChI=1S/C13H18S/c1-8(2)12-7-9(3)13-11(10(12)4)5-6-14-13/h5-8,10,12H,1-4H3. The zero-order valence-electron chi connectivity index (χ0n) is 9.37. The largest absolute Gasteiger partial charge is 0.144 e. The lowest BCUT2D eigenvalue weighted by Gasteiger charge is -2.29. The predicted molar refractivity (Wildman–Crippen MR) is 64.7 cm³/mol. The number of hydrogen-bond donors (Lipinski definition) is 0. The fourth-order valence-electron chi connectivity index (χ4n) is 2.48. The zero-order chi connectivity index (χ0) is 10.3. The van der Waals surface area contributed by atoms with E-state index in [9.17, 15) is 0 Å². The lowest BCUT2D eigenvalue weighted by Crippen LogP contribution is -2.17. The summed E-state index contributed by atoms with van der Waals surface area (Å²) in [4.78, 5) is 1.51. The lowest BCUT2D eigenvalue weighted by atomic mass is 9.76. The highest BCUT2D eigenvalue weighted by atomic mass is 32.1. The second-order valence-corrected chi connectivity index (χ2v) is 5.58. The summed E-state index contributed by atoms with van der Waals surface area (Å²) >= 11 is 1.88. The van der Waals surface area contributed by atoms with E-state index in [1.165, 1.54) is 10.5 Å². The van der Waals surface area contributed by atoms with Crippen molar-refractivity contribution in [1.29, 1.82) is 0 Å². The molecule has 0 amide bonds. The van der Waals surface area contributed by atoms with Crippen LogP contribution in [-0.4, -0.2) is 0 Å². The van der Waals surface area contributed by atoms with Crippen molar-refractivity contribution in [3.05, 3.63) is 28.0 Å². The van der Waals surface area contributed by atoms with E-state index in [0.717, 1.165) is 11.8 Å². The van der Waals surface area contributed by atoms with E-state index < -0.39 is 0 Å². The van der Waals surface area contributed by atoms with E-state index >= 15 is 0 Å². The number of rotatable bonds is 1. The van der Waals surface area contributed by atoms with Crippen LogP contribution in [0, 0.1) is 11.8 Å². The quantitative estimate of drug-likeness (QED) is 0.633. The summed E-state index contributed by atoms with van der Waals surface area (Å²) in [6.45, 7) is 9.25. The Morgan fingerprint density at radius 1 is 1.36 bits per heavy atom. The molecule has 1 heteroatoms. The maximum Gasteiger partial charge on any atom is 0.0331 e. The van der Waals surface area contributed by atoms with Gasteiger partial charge in [0.15, 0.2) is 0 Å². The van der Waals surface area contributed by atoms with Crippen molar-refractivity contribution in [2.75, 3.05) is 0 Å². The third-order valence-corrected chi connectivity index (χ3v) is 4.40. The van der Waals surface area contributed by atoms with Crippen molar-refractivity contribution < 1.29 is 0 Å². The molecule has 0 N–H and O–H groups in total. The summed E-state index contributed by atoms with van der Waals surface area (Å²) < 4.78 is 0. The van der Waals surface area contributed by atoms with Crippen LogP contribution in [0.25, 0.3) is 5.57 Å². The first-order chi connectivity index (χ1) is 6.61. The molecule has 0 bridgehead atoms. The third-order valence-electron chi connectivity index (χ3n) is 3.33. The van der Waals surface area contributed by atoms with Crippen molar-refractivity contribution in [3.63, 3.8) is 0 Å². The van der Waals surface area contributed by atoms with Gasteiger partial charge in [0.25, 0.3) is 0 Å². The summed E-state index contributed by atoms with van der Waals surface area (Å²) in [6.07, 6.45) is 2.47. The van der Waals surface area contributed by atoms with E-state index in [2.05, 4.69) is 45.2 Å². The van der Waals surface area contributed by atoms with Gasteiger partial charge in [0.2, 0.25) is 0 Å². The molecule has 1 aromatic heterocycles. The molecule has 0 fully saturated rings. The molecule has 1 heterocycles. The highest BCUT2D eigenvalue weighted by Gasteiger charge is 2.27. The molecular weight excluding hydrogens is 188 g/mol. The average Bonchev–Trinajstić information content (AvgIpc) is 2.59. The summed E-state index contributed by atoms with van der Waals surface area (Å²) in [5.74, 6) is 2.16. The van der Waals surface area contributed by atoms with Crippen LogP contribution in [0.2, 0.25) is 0 Å². The SMILES string of the molecule is CC1=CC(C(C)C)C(C)c2ccsc21. The molecule has 0 radical (unpaired) electrons. The molecule has 0 aromatic carbocycles. The molecule has 14 heavy (non-hydrogen) atoms. The van der Waals surface area contributed by atoms with Crippen LogP contribution in [0.3, 0.4) is 0 Å². The fourth-order valence-corrected chi connectivity index (χ4v) is 3.48. The Morgan fingerprint density at radius 3 is 2.71 bits per heavy atom.